The number of rotatable bonds is 7. The highest BCUT2D eigenvalue weighted by Crippen LogP contribution is 2.26. The van der Waals surface area contributed by atoms with E-state index in [1.165, 1.54) is 0 Å². The van der Waals surface area contributed by atoms with E-state index in [9.17, 15) is 4.79 Å². The molecule has 2 aromatic heterocycles. The van der Waals surface area contributed by atoms with Gasteiger partial charge in [0.2, 0.25) is 0 Å². The summed E-state index contributed by atoms with van der Waals surface area (Å²) in [6.45, 7) is 5.71. The first-order valence-corrected chi connectivity index (χ1v) is 10.2. The van der Waals surface area contributed by atoms with Crippen LogP contribution in [0.2, 0.25) is 0 Å². The molecular formula is C26H25N3O2. The number of nitrogens with zero attached hydrogens (tertiary/aromatic N) is 2. The quantitative estimate of drug-likeness (QED) is 0.417. The lowest BCUT2D eigenvalue weighted by Gasteiger charge is -2.21. The van der Waals surface area contributed by atoms with E-state index in [1.807, 2.05) is 93.0 Å². The number of hydrogen-bond donors (Lipinski definition) is 1. The van der Waals surface area contributed by atoms with Gasteiger partial charge in [0, 0.05) is 17.3 Å². The number of benzene rings is 2. The second kappa shape index (κ2) is 8.56. The standard InChI is InChI=1S/C26H25N3O2/c1-18(30)26(2,3)17-31-22-12-9-20(10-13-22)23-14-11-21(15-27-23)25-28-16-24(29-25)19-7-5-4-6-8-19/h4-16H,17H2,1-3H3,(H,28,29). The Morgan fingerprint density at radius 1 is 0.871 bits per heavy atom. The van der Waals surface area contributed by atoms with Crippen LogP contribution in [-0.2, 0) is 4.79 Å². The maximum atomic E-state index is 11.6. The van der Waals surface area contributed by atoms with E-state index < -0.39 is 5.41 Å². The Hall–Kier alpha value is -3.73. The minimum absolute atomic E-state index is 0.112. The summed E-state index contributed by atoms with van der Waals surface area (Å²) < 4.78 is 5.79. The van der Waals surface area contributed by atoms with Crippen LogP contribution in [0, 0.1) is 5.41 Å². The maximum Gasteiger partial charge on any atom is 0.139 e. The van der Waals surface area contributed by atoms with Crippen molar-refractivity contribution in [1.82, 2.24) is 15.0 Å². The first-order chi connectivity index (χ1) is 14.9. The molecule has 0 spiro atoms. The minimum atomic E-state index is -0.498. The molecule has 31 heavy (non-hydrogen) atoms. The van der Waals surface area contributed by atoms with Gasteiger partial charge in [-0.3, -0.25) is 9.78 Å². The van der Waals surface area contributed by atoms with Gasteiger partial charge >= 0.3 is 0 Å². The predicted molar refractivity (Wildman–Crippen MR) is 123 cm³/mol. The Labute approximate surface area is 182 Å². The molecular weight excluding hydrogens is 386 g/mol. The fraction of sp³-hybridized carbons (Fsp3) is 0.192. The summed E-state index contributed by atoms with van der Waals surface area (Å²) in [5.74, 6) is 1.63. The first kappa shape index (κ1) is 20.5. The van der Waals surface area contributed by atoms with Gasteiger partial charge in [0.15, 0.2) is 0 Å². The van der Waals surface area contributed by atoms with Crippen LogP contribution in [0.15, 0.2) is 79.1 Å². The molecule has 0 aliphatic rings. The number of Topliss-reactive ketones (excluding diaryl/α,β-unsaturated/α-hetero) is 1. The molecule has 0 atom stereocenters. The lowest BCUT2D eigenvalue weighted by Crippen LogP contribution is -2.28. The van der Waals surface area contributed by atoms with E-state index in [2.05, 4.69) is 15.0 Å². The molecule has 0 aliphatic heterocycles. The van der Waals surface area contributed by atoms with Gasteiger partial charge in [-0.1, -0.05) is 30.3 Å². The van der Waals surface area contributed by atoms with Crippen LogP contribution < -0.4 is 4.74 Å². The van der Waals surface area contributed by atoms with Crippen LogP contribution >= 0.6 is 0 Å². The number of ketones is 1. The molecule has 156 valence electrons. The molecule has 2 heterocycles. The number of H-pyrrole nitrogens is 1. The number of ether oxygens (including phenoxy) is 1. The Balaban J connectivity index is 1.45. The number of imidazole rings is 1. The monoisotopic (exact) mass is 411 g/mol. The molecule has 0 bridgehead atoms. The van der Waals surface area contributed by atoms with Crippen molar-refractivity contribution in [3.63, 3.8) is 0 Å². The number of carbonyl (C=O) groups excluding carboxylic acids is 1. The molecule has 0 saturated heterocycles. The van der Waals surface area contributed by atoms with E-state index in [0.717, 1.165) is 39.7 Å². The highest BCUT2D eigenvalue weighted by molar-refractivity contribution is 5.81. The summed E-state index contributed by atoms with van der Waals surface area (Å²) >= 11 is 0. The molecule has 5 nitrogen and oxygen atoms in total. The largest absolute Gasteiger partial charge is 0.493 e. The zero-order valence-corrected chi connectivity index (χ0v) is 17.9. The summed E-state index contributed by atoms with van der Waals surface area (Å²) in [7, 11) is 0. The first-order valence-electron chi connectivity index (χ1n) is 10.2. The Bertz CT molecular complexity index is 1160. The molecule has 2 aromatic carbocycles. The molecule has 1 N–H and O–H groups in total. The van der Waals surface area contributed by atoms with Gasteiger partial charge in [0.25, 0.3) is 0 Å². The highest BCUT2D eigenvalue weighted by Gasteiger charge is 2.24. The van der Waals surface area contributed by atoms with Crippen LogP contribution in [-0.4, -0.2) is 27.3 Å². The Morgan fingerprint density at radius 3 is 2.23 bits per heavy atom. The molecule has 5 heteroatoms. The fourth-order valence-corrected chi connectivity index (χ4v) is 3.02. The topological polar surface area (TPSA) is 67.9 Å². The summed E-state index contributed by atoms with van der Waals surface area (Å²) in [6, 6.07) is 21.8. The number of aromatic amines is 1. The van der Waals surface area contributed by atoms with E-state index in [1.54, 1.807) is 6.92 Å². The van der Waals surface area contributed by atoms with Crippen molar-refractivity contribution >= 4 is 5.78 Å². The molecule has 0 radical (unpaired) electrons. The summed E-state index contributed by atoms with van der Waals surface area (Å²) in [5.41, 5.74) is 4.37. The van der Waals surface area contributed by atoms with Gasteiger partial charge in [-0.25, -0.2) is 4.98 Å². The van der Waals surface area contributed by atoms with E-state index in [-0.39, 0.29) is 5.78 Å². The van der Waals surface area contributed by atoms with Gasteiger partial charge in [0.05, 0.1) is 23.0 Å². The molecule has 0 saturated carbocycles. The number of aromatic nitrogens is 3. The molecule has 0 amide bonds. The number of pyridine rings is 1. The van der Waals surface area contributed by atoms with Crippen molar-refractivity contribution in [3.8, 4) is 39.7 Å². The summed E-state index contributed by atoms with van der Waals surface area (Å²) in [6.07, 6.45) is 3.66. The van der Waals surface area contributed by atoms with E-state index in [4.69, 9.17) is 4.74 Å². The highest BCUT2D eigenvalue weighted by atomic mass is 16.5. The summed E-state index contributed by atoms with van der Waals surface area (Å²) in [4.78, 5) is 24.1. The third kappa shape index (κ3) is 4.72. The third-order valence-electron chi connectivity index (χ3n) is 5.40. The van der Waals surface area contributed by atoms with Crippen molar-refractivity contribution in [2.75, 3.05) is 6.61 Å². The zero-order chi connectivity index (χ0) is 21.8. The molecule has 0 unspecified atom stereocenters. The number of nitrogens with one attached hydrogen (secondary N) is 1. The molecule has 4 aromatic rings. The SMILES string of the molecule is CC(=O)C(C)(C)COc1ccc(-c2ccc(-c3ncc(-c4ccccc4)[nH]3)cn2)cc1. The Morgan fingerprint density at radius 2 is 1.58 bits per heavy atom. The van der Waals surface area contributed by atoms with Crippen molar-refractivity contribution in [2.24, 2.45) is 5.41 Å². The average molecular weight is 412 g/mol. The van der Waals surface area contributed by atoms with Crippen LogP contribution in [0.4, 0.5) is 0 Å². The normalized spacial score (nSPS) is 11.3. The fourth-order valence-electron chi connectivity index (χ4n) is 3.02. The molecule has 0 fully saturated rings. The van der Waals surface area contributed by atoms with Crippen LogP contribution in [0.5, 0.6) is 5.75 Å². The van der Waals surface area contributed by atoms with Gasteiger partial charge in [-0.15, -0.1) is 0 Å². The van der Waals surface area contributed by atoms with Crippen LogP contribution in [0.3, 0.4) is 0 Å². The Kier molecular flexibility index (Phi) is 5.67. The minimum Gasteiger partial charge on any atom is -0.493 e. The average Bonchev–Trinajstić information content (AvgIpc) is 3.29. The van der Waals surface area contributed by atoms with Crippen LogP contribution in [0.25, 0.3) is 33.9 Å². The molecule has 4 rings (SSSR count). The predicted octanol–water partition coefficient (Wildman–Crippen LogP) is 5.80. The van der Waals surface area contributed by atoms with Crippen molar-refractivity contribution in [2.45, 2.75) is 20.8 Å². The second-order valence-corrected chi connectivity index (χ2v) is 8.20. The number of hydrogen-bond acceptors (Lipinski definition) is 4. The zero-order valence-electron chi connectivity index (χ0n) is 17.9. The smallest absolute Gasteiger partial charge is 0.139 e. The van der Waals surface area contributed by atoms with Gasteiger partial charge < -0.3 is 9.72 Å². The molecule has 0 aliphatic carbocycles. The van der Waals surface area contributed by atoms with E-state index in [0.29, 0.717) is 6.61 Å². The van der Waals surface area contributed by atoms with Crippen molar-refractivity contribution in [1.29, 1.82) is 0 Å². The van der Waals surface area contributed by atoms with Crippen LogP contribution in [0.1, 0.15) is 20.8 Å². The lowest BCUT2D eigenvalue weighted by atomic mass is 9.90. The van der Waals surface area contributed by atoms with Gasteiger partial charge in [-0.2, -0.15) is 0 Å². The lowest BCUT2D eigenvalue weighted by molar-refractivity contribution is -0.126. The third-order valence-corrected chi connectivity index (χ3v) is 5.40. The summed E-state index contributed by atoms with van der Waals surface area (Å²) in [5, 5.41) is 0. The van der Waals surface area contributed by atoms with Crippen molar-refractivity contribution < 1.29 is 9.53 Å². The maximum absolute atomic E-state index is 11.6. The van der Waals surface area contributed by atoms with E-state index >= 15 is 0 Å². The van der Waals surface area contributed by atoms with Crippen molar-refractivity contribution in [3.05, 3.63) is 79.1 Å². The second-order valence-electron chi connectivity index (χ2n) is 8.20. The van der Waals surface area contributed by atoms with Gasteiger partial charge in [-0.05, 0) is 62.7 Å². The number of carbonyl (C=O) groups is 1. The van der Waals surface area contributed by atoms with Gasteiger partial charge in [0.1, 0.15) is 24.0 Å².